The van der Waals surface area contributed by atoms with Gasteiger partial charge in [0.15, 0.2) is 5.71 Å². The monoisotopic (exact) mass is 455 g/mol. The van der Waals surface area contributed by atoms with Gasteiger partial charge in [-0.2, -0.15) is 13.0 Å². The van der Waals surface area contributed by atoms with E-state index in [1.807, 2.05) is 71.5 Å². The number of ether oxygens (including phenoxy) is 1. The number of anilines is 1. The average molecular weight is 456 g/mol. The third kappa shape index (κ3) is 5.72. The molecular formula is C24H27N2O5S+. The summed E-state index contributed by atoms with van der Waals surface area (Å²) in [6.07, 6.45) is 7.88. The van der Waals surface area contributed by atoms with Gasteiger partial charge in [0.1, 0.15) is 12.3 Å². The molecule has 0 atom stereocenters. The first kappa shape index (κ1) is 23.4. The van der Waals surface area contributed by atoms with Crippen molar-refractivity contribution < 1.29 is 27.1 Å². The van der Waals surface area contributed by atoms with Gasteiger partial charge < -0.3 is 10.1 Å². The molecule has 0 unspecified atom stereocenters. The second-order valence-corrected chi connectivity index (χ2v) is 9.50. The highest BCUT2D eigenvalue weighted by atomic mass is 32.2. The number of para-hydroxylation sites is 1. The number of allylic oxidation sites excluding steroid dienone is 3. The van der Waals surface area contributed by atoms with Crippen LogP contribution in [0.5, 0.6) is 5.75 Å². The molecule has 0 fully saturated rings. The average Bonchev–Trinajstić information content (AvgIpc) is 2.94. The van der Waals surface area contributed by atoms with Crippen LogP contribution in [0.4, 0.5) is 11.4 Å². The highest BCUT2D eigenvalue weighted by Crippen LogP contribution is 2.41. The summed E-state index contributed by atoms with van der Waals surface area (Å²) in [5, 5.41) is 3.19. The van der Waals surface area contributed by atoms with Crippen LogP contribution >= 0.6 is 0 Å². The second kappa shape index (κ2) is 9.93. The molecule has 8 heteroatoms. The first-order chi connectivity index (χ1) is 15.2. The molecule has 0 aliphatic carbocycles. The van der Waals surface area contributed by atoms with Crippen LogP contribution in [0.25, 0.3) is 0 Å². The zero-order valence-electron chi connectivity index (χ0n) is 18.1. The molecular weight excluding hydrogens is 428 g/mol. The summed E-state index contributed by atoms with van der Waals surface area (Å²) in [6.45, 7) is 4.92. The predicted octanol–water partition coefficient (Wildman–Crippen LogP) is 4.06. The summed E-state index contributed by atoms with van der Waals surface area (Å²) in [5.74, 6) is 0.130. The van der Waals surface area contributed by atoms with Crippen LogP contribution in [0, 0.1) is 0 Å². The number of benzene rings is 2. The fourth-order valence-electron chi connectivity index (χ4n) is 3.81. The minimum Gasteiger partial charge on any atom is -0.429 e. The summed E-state index contributed by atoms with van der Waals surface area (Å²) >= 11 is 0. The SMILES string of the molecule is CC1(C)C(/C=C/C=C/Nc2ccccc2)=[N+](CCCS(=O)(=O)O)c2ccc(OC=O)cc21. The molecule has 32 heavy (non-hydrogen) atoms. The standard InChI is InChI=1S/C24H26N2O5S/c1-24(2)21-17-20(31-18-27)12-13-22(21)26(15-8-16-32(28,29)30)23(24)11-6-7-14-25-19-9-4-3-5-10-19/h3-7,9-14,17-18H,8,15-16H2,1-2H3,(H,28,29,30)/p+1. The van der Waals surface area contributed by atoms with Gasteiger partial charge in [-0.15, -0.1) is 0 Å². The molecule has 168 valence electrons. The minimum absolute atomic E-state index is 0.268. The van der Waals surface area contributed by atoms with E-state index < -0.39 is 15.5 Å². The van der Waals surface area contributed by atoms with Gasteiger partial charge in [0.25, 0.3) is 16.6 Å². The predicted molar refractivity (Wildman–Crippen MR) is 125 cm³/mol. The lowest BCUT2D eigenvalue weighted by atomic mass is 9.81. The van der Waals surface area contributed by atoms with Gasteiger partial charge in [0.2, 0.25) is 5.69 Å². The lowest BCUT2D eigenvalue weighted by molar-refractivity contribution is -0.437. The fourth-order valence-corrected chi connectivity index (χ4v) is 4.30. The van der Waals surface area contributed by atoms with Crippen LogP contribution < -0.4 is 10.1 Å². The third-order valence-corrected chi connectivity index (χ3v) is 6.12. The van der Waals surface area contributed by atoms with E-state index in [9.17, 15) is 13.2 Å². The van der Waals surface area contributed by atoms with Crippen molar-refractivity contribution in [3.8, 4) is 5.75 Å². The molecule has 7 nitrogen and oxygen atoms in total. The Morgan fingerprint density at radius 3 is 2.56 bits per heavy atom. The van der Waals surface area contributed by atoms with Gasteiger partial charge in [0.05, 0.1) is 11.2 Å². The quantitative estimate of drug-likeness (QED) is 0.243. The summed E-state index contributed by atoms with van der Waals surface area (Å²) in [4.78, 5) is 10.8. The Labute approximate surface area is 188 Å². The maximum atomic E-state index is 11.2. The molecule has 0 bridgehead atoms. The van der Waals surface area contributed by atoms with Crippen LogP contribution in [0.1, 0.15) is 25.8 Å². The van der Waals surface area contributed by atoms with Gasteiger partial charge >= 0.3 is 0 Å². The van der Waals surface area contributed by atoms with Crippen LogP contribution in [0.2, 0.25) is 0 Å². The number of hydrogen-bond donors (Lipinski definition) is 2. The van der Waals surface area contributed by atoms with Crippen LogP contribution in [0.3, 0.4) is 0 Å². The van der Waals surface area contributed by atoms with Crippen molar-refractivity contribution in [3.63, 3.8) is 0 Å². The number of hydrogen-bond acceptors (Lipinski definition) is 5. The van der Waals surface area contributed by atoms with Crippen LogP contribution in [-0.2, 0) is 20.3 Å². The number of rotatable bonds is 10. The Bertz CT molecular complexity index is 1170. The molecule has 0 saturated heterocycles. The van der Waals surface area contributed by atoms with Crippen molar-refractivity contribution >= 4 is 33.7 Å². The highest BCUT2D eigenvalue weighted by Gasteiger charge is 2.44. The lowest BCUT2D eigenvalue weighted by Gasteiger charge is -2.15. The van der Waals surface area contributed by atoms with E-state index in [1.54, 1.807) is 6.07 Å². The van der Waals surface area contributed by atoms with E-state index in [2.05, 4.69) is 19.2 Å². The number of nitrogens with zero attached hydrogens (tertiary/aromatic N) is 1. The molecule has 0 spiro atoms. The van der Waals surface area contributed by atoms with Crippen molar-refractivity contribution in [1.82, 2.24) is 0 Å². The summed E-state index contributed by atoms with van der Waals surface area (Å²) in [5.41, 5.74) is 3.42. The van der Waals surface area contributed by atoms with Crippen molar-refractivity contribution in [1.29, 1.82) is 0 Å². The minimum atomic E-state index is -4.04. The number of nitrogens with one attached hydrogen (secondary N) is 1. The lowest BCUT2D eigenvalue weighted by Crippen LogP contribution is -2.28. The maximum Gasteiger partial charge on any atom is 0.298 e. The third-order valence-electron chi connectivity index (χ3n) is 5.32. The summed E-state index contributed by atoms with van der Waals surface area (Å²) < 4.78 is 38.5. The molecule has 0 aromatic heterocycles. The summed E-state index contributed by atoms with van der Waals surface area (Å²) in [7, 11) is -4.04. The van der Waals surface area contributed by atoms with Gasteiger partial charge in [-0.1, -0.05) is 24.3 Å². The largest absolute Gasteiger partial charge is 0.429 e. The number of carbonyl (C=O) groups is 1. The van der Waals surface area contributed by atoms with Gasteiger partial charge in [-0.3, -0.25) is 9.35 Å². The Hall–Kier alpha value is -3.23. The number of fused-ring (bicyclic) bond motifs is 1. The van der Waals surface area contributed by atoms with Gasteiger partial charge in [0, 0.05) is 36.0 Å². The Morgan fingerprint density at radius 1 is 1.12 bits per heavy atom. The smallest absolute Gasteiger partial charge is 0.298 e. The molecule has 2 aromatic carbocycles. The zero-order chi connectivity index (χ0) is 23.2. The van der Waals surface area contributed by atoms with Crippen molar-refractivity contribution in [2.45, 2.75) is 25.7 Å². The van der Waals surface area contributed by atoms with Crippen molar-refractivity contribution in [2.24, 2.45) is 0 Å². The molecule has 0 saturated carbocycles. The zero-order valence-corrected chi connectivity index (χ0v) is 18.9. The molecule has 1 aliphatic rings. The molecule has 1 heterocycles. The Morgan fingerprint density at radius 2 is 1.88 bits per heavy atom. The van der Waals surface area contributed by atoms with E-state index in [0.29, 0.717) is 18.8 Å². The van der Waals surface area contributed by atoms with E-state index in [0.717, 1.165) is 22.6 Å². The van der Waals surface area contributed by atoms with E-state index in [1.165, 1.54) is 0 Å². The normalized spacial score (nSPS) is 15.3. The molecule has 0 radical (unpaired) electrons. The molecule has 1 aliphatic heterocycles. The topological polar surface area (TPSA) is 95.7 Å². The second-order valence-electron chi connectivity index (χ2n) is 7.92. The molecule has 3 rings (SSSR count). The first-order valence-corrected chi connectivity index (χ1v) is 11.8. The fraction of sp³-hybridized carbons (Fsp3) is 0.250. The molecule has 2 N–H and O–H groups in total. The Balaban J connectivity index is 1.88. The Kier molecular flexibility index (Phi) is 7.27. The maximum absolute atomic E-state index is 11.2. The molecule has 2 aromatic rings. The van der Waals surface area contributed by atoms with Gasteiger partial charge in [-0.25, -0.2) is 0 Å². The van der Waals surface area contributed by atoms with Crippen molar-refractivity contribution in [3.05, 3.63) is 78.5 Å². The van der Waals surface area contributed by atoms with Crippen LogP contribution in [-0.4, -0.2) is 42.0 Å². The molecule has 0 amide bonds. The highest BCUT2D eigenvalue weighted by molar-refractivity contribution is 7.85. The van der Waals surface area contributed by atoms with Gasteiger partial charge in [-0.05, 0) is 44.2 Å². The van der Waals surface area contributed by atoms with E-state index in [-0.39, 0.29) is 12.2 Å². The van der Waals surface area contributed by atoms with E-state index >= 15 is 0 Å². The van der Waals surface area contributed by atoms with E-state index in [4.69, 9.17) is 9.29 Å². The van der Waals surface area contributed by atoms with Crippen molar-refractivity contribution in [2.75, 3.05) is 17.6 Å². The summed E-state index contributed by atoms with van der Waals surface area (Å²) in [6, 6.07) is 15.2. The first-order valence-electron chi connectivity index (χ1n) is 10.2. The number of carbonyl (C=O) groups excluding carboxylic acids is 1. The van der Waals surface area contributed by atoms with Crippen LogP contribution in [0.15, 0.2) is 73.0 Å².